The van der Waals surface area contributed by atoms with Crippen molar-refractivity contribution < 1.29 is 9.53 Å². The Labute approximate surface area is 181 Å². The van der Waals surface area contributed by atoms with Gasteiger partial charge in [-0.2, -0.15) is 5.10 Å². The summed E-state index contributed by atoms with van der Waals surface area (Å²) >= 11 is 7.02. The first-order chi connectivity index (χ1) is 13.4. The predicted octanol–water partition coefficient (Wildman–Crippen LogP) is 6.02. The average Bonchev–Trinajstić information content (AvgIpc) is 2.68. The molecule has 0 saturated heterocycles. The number of amides is 1. The fraction of sp³-hybridized carbons (Fsp3) is 0.182. The van der Waals surface area contributed by atoms with E-state index >= 15 is 0 Å². The van der Waals surface area contributed by atoms with Crippen LogP contribution in [0.4, 0.5) is 0 Å². The van der Waals surface area contributed by atoms with Crippen LogP contribution in [0.3, 0.4) is 0 Å². The minimum atomic E-state index is -0.321. The Bertz CT molecular complexity index is 1010. The van der Waals surface area contributed by atoms with Crippen molar-refractivity contribution in [3.05, 3.63) is 74.7 Å². The molecule has 0 unspecified atom stereocenters. The summed E-state index contributed by atoms with van der Waals surface area (Å²) in [5.74, 6) is 0.773. The van der Waals surface area contributed by atoms with Crippen LogP contribution in [-0.4, -0.2) is 18.7 Å². The lowest BCUT2D eigenvalue weighted by molar-refractivity contribution is -0.123. The number of hydrazone groups is 1. The third kappa shape index (κ3) is 5.20. The van der Waals surface area contributed by atoms with Crippen LogP contribution in [0.5, 0.6) is 5.75 Å². The summed E-state index contributed by atoms with van der Waals surface area (Å²) < 4.78 is 7.47. The molecular formula is C22H20Br2N2O2. The Hall–Kier alpha value is -2.18. The number of carbonyl (C=O) groups excluding carboxylic acids is 1. The smallest absolute Gasteiger partial charge is 0.277 e. The zero-order valence-corrected chi connectivity index (χ0v) is 18.7. The number of ether oxygens (including phenoxy) is 1. The highest BCUT2D eigenvalue weighted by Gasteiger charge is 2.09. The van der Waals surface area contributed by atoms with Gasteiger partial charge in [0, 0.05) is 4.47 Å². The van der Waals surface area contributed by atoms with E-state index in [1.165, 1.54) is 5.56 Å². The largest absolute Gasteiger partial charge is 0.483 e. The van der Waals surface area contributed by atoms with E-state index in [1.807, 2.05) is 42.5 Å². The first-order valence-electron chi connectivity index (χ1n) is 8.86. The number of benzene rings is 3. The molecule has 0 atom stereocenters. The first kappa shape index (κ1) is 20.6. The van der Waals surface area contributed by atoms with E-state index in [1.54, 1.807) is 6.21 Å². The summed E-state index contributed by atoms with van der Waals surface area (Å²) in [7, 11) is 0. The highest BCUT2D eigenvalue weighted by atomic mass is 79.9. The van der Waals surface area contributed by atoms with Gasteiger partial charge in [0.1, 0.15) is 5.75 Å². The van der Waals surface area contributed by atoms with Gasteiger partial charge in [-0.05, 0) is 61.9 Å². The van der Waals surface area contributed by atoms with Crippen LogP contribution in [0.25, 0.3) is 10.8 Å². The lowest BCUT2D eigenvalue weighted by atomic mass is 10.0. The van der Waals surface area contributed by atoms with Crippen molar-refractivity contribution in [1.29, 1.82) is 0 Å². The van der Waals surface area contributed by atoms with Gasteiger partial charge in [-0.15, -0.1) is 0 Å². The van der Waals surface area contributed by atoms with Crippen molar-refractivity contribution in [2.75, 3.05) is 6.61 Å². The quantitative estimate of drug-likeness (QED) is 0.330. The molecular weight excluding hydrogens is 484 g/mol. The van der Waals surface area contributed by atoms with Crippen molar-refractivity contribution in [2.45, 2.75) is 19.8 Å². The van der Waals surface area contributed by atoms with E-state index in [2.05, 4.69) is 68.4 Å². The molecule has 0 fully saturated rings. The van der Waals surface area contributed by atoms with E-state index < -0.39 is 0 Å². The van der Waals surface area contributed by atoms with Gasteiger partial charge in [-0.25, -0.2) is 5.43 Å². The number of hydrogen-bond donors (Lipinski definition) is 1. The molecule has 0 radical (unpaired) electrons. The molecule has 0 aliphatic heterocycles. The Morgan fingerprint density at radius 1 is 1.11 bits per heavy atom. The molecule has 4 nitrogen and oxygen atoms in total. The molecule has 0 spiro atoms. The fourth-order valence-electron chi connectivity index (χ4n) is 2.68. The van der Waals surface area contributed by atoms with E-state index in [-0.39, 0.29) is 12.5 Å². The summed E-state index contributed by atoms with van der Waals surface area (Å²) in [6.45, 7) is 4.18. The third-order valence-corrected chi connectivity index (χ3v) is 5.56. The van der Waals surface area contributed by atoms with E-state index in [9.17, 15) is 4.79 Å². The van der Waals surface area contributed by atoms with E-state index in [0.717, 1.165) is 25.3 Å². The molecule has 0 heterocycles. The van der Waals surface area contributed by atoms with Gasteiger partial charge < -0.3 is 4.74 Å². The molecule has 144 valence electrons. The standard InChI is InChI=1S/C22H20Br2N2O2/c1-14(2)16-5-3-15(4-6-16)12-25-26-21(27)13-28-20-10-7-17-11-18(23)8-9-19(17)22(20)24/h3-12,14H,13H2,1-2H3,(H,26,27). The molecule has 3 aromatic carbocycles. The number of rotatable bonds is 6. The van der Waals surface area contributed by atoms with Crippen molar-refractivity contribution in [3.63, 3.8) is 0 Å². The highest BCUT2D eigenvalue weighted by molar-refractivity contribution is 9.11. The number of nitrogens with zero attached hydrogens (tertiary/aromatic N) is 1. The molecule has 0 bridgehead atoms. The SMILES string of the molecule is CC(C)c1ccc(C=NNC(=O)COc2ccc3cc(Br)ccc3c2Br)cc1. The molecule has 0 aliphatic rings. The maximum atomic E-state index is 12.0. The number of hydrogen-bond acceptors (Lipinski definition) is 3. The van der Waals surface area contributed by atoms with Crippen molar-refractivity contribution in [2.24, 2.45) is 5.10 Å². The average molecular weight is 504 g/mol. The minimum Gasteiger partial charge on any atom is -0.483 e. The third-order valence-electron chi connectivity index (χ3n) is 4.25. The molecule has 6 heteroatoms. The molecule has 0 saturated carbocycles. The summed E-state index contributed by atoms with van der Waals surface area (Å²) in [6.07, 6.45) is 1.62. The van der Waals surface area contributed by atoms with Crippen LogP contribution in [-0.2, 0) is 4.79 Å². The molecule has 0 aromatic heterocycles. The van der Waals surface area contributed by atoms with E-state index in [0.29, 0.717) is 11.7 Å². The van der Waals surface area contributed by atoms with Gasteiger partial charge in [0.05, 0.1) is 10.7 Å². The number of fused-ring (bicyclic) bond motifs is 1. The topological polar surface area (TPSA) is 50.7 Å². The molecule has 3 rings (SSSR count). The van der Waals surface area contributed by atoms with Gasteiger partial charge in [-0.3, -0.25) is 4.79 Å². The Morgan fingerprint density at radius 2 is 1.86 bits per heavy atom. The Morgan fingerprint density at radius 3 is 2.57 bits per heavy atom. The van der Waals surface area contributed by atoms with Gasteiger partial charge in [-0.1, -0.05) is 66.2 Å². The normalized spacial score (nSPS) is 11.3. The van der Waals surface area contributed by atoms with Crippen LogP contribution < -0.4 is 10.2 Å². The summed E-state index contributed by atoms with van der Waals surface area (Å²) in [6, 6.07) is 17.9. The Kier molecular flexibility index (Phi) is 6.86. The second kappa shape index (κ2) is 9.34. The molecule has 1 amide bonds. The van der Waals surface area contributed by atoms with Gasteiger partial charge >= 0.3 is 0 Å². The molecule has 3 aromatic rings. The monoisotopic (exact) mass is 502 g/mol. The van der Waals surface area contributed by atoms with Crippen molar-refractivity contribution >= 4 is 54.8 Å². The summed E-state index contributed by atoms with van der Waals surface area (Å²) in [5.41, 5.74) is 4.68. The maximum absolute atomic E-state index is 12.0. The van der Waals surface area contributed by atoms with Crippen molar-refractivity contribution in [1.82, 2.24) is 5.43 Å². The predicted molar refractivity (Wildman–Crippen MR) is 121 cm³/mol. The second-order valence-corrected chi connectivity index (χ2v) is 8.36. The van der Waals surface area contributed by atoms with Crippen LogP contribution in [0.1, 0.15) is 30.9 Å². The van der Waals surface area contributed by atoms with Gasteiger partial charge in [0.25, 0.3) is 5.91 Å². The summed E-state index contributed by atoms with van der Waals surface area (Å²) in [5, 5.41) is 6.08. The van der Waals surface area contributed by atoms with Crippen LogP contribution in [0.2, 0.25) is 0 Å². The first-order valence-corrected chi connectivity index (χ1v) is 10.4. The zero-order chi connectivity index (χ0) is 20.1. The van der Waals surface area contributed by atoms with Gasteiger partial charge in [0.2, 0.25) is 0 Å². The second-order valence-electron chi connectivity index (χ2n) is 6.65. The van der Waals surface area contributed by atoms with E-state index in [4.69, 9.17) is 4.74 Å². The molecule has 0 aliphatic carbocycles. The van der Waals surface area contributed by atoms with Crippen molar-refractivity contribution in [3.8, 4) is 5.75 Å². The van der Waals surface area contributed by atoms with Gasteiger partial charge in [0.15, 0.2) is 6.61 Å². The van der Waals surface area contributed by atoms with Crippen LogP contribution in [0.15, 0.2) is 68.6 Å². The lowest BCUT2D eigenvalue weighted by Crippen LogP contribution is -2.24. The summed E-state index contributed by atoms with van der Waals surface area (Å²) in [4.78, 5) is 12.0. The number of halogens is 2. The molecule has 28 heavy (non-hydrogen) atoms. The maximum Gasteiger partial charge on any atom is 0.277 e. The Balaban J connectivity index is 1.56. The zero-order valence-electron chi connectivity index (χ0n) is 15.6. The van der Waals surface area contributed by atoms with Crippen LogP contribution in [0, 0.1) is 0 Å². The number of nitrogens with one attached hydrogen (secondary N) is 1. The fourth-order valence-corrected chi connectivity index (χ4v) is 3.66. The lowest BCUT2D eigenvalue weighted by Gasteiger charge is -2.10. The number of carbonyl (C=O) groups is 1. The van der Waals surface area contributed by atoms with Crippen LogP contribution >= 0.6 is 31.9 Å². The highest BCUT2D eigenvalue weighted by Crippen LogP contribution is 2.34. The molecule has 1 N–H and O–H groups in total. The minimum absolute atomic E-state index is 0.121.